The molecule has 0 fully saturated rings. The molecule has 13 heteroatoms. The third kappa shape index (κ3) is 15.4. The van der Waals surface area contributed by atoms with Crippen molar-refractivity contribution in [1.82, 2.24) is 0 Å². The Morgan fingerprint density at radius 3 is 0.733 bits per heavy atom. The number of nitrogens with zero attached hydrogens (tertiary/aromatic N) is 5. The van der Waals surface area contributed by atoms with Gasteiger partial charge in [0, 0.05) is 17.1 Å². The van der Waals surface area contributed by atoms with Gasteiger partial charge in [0.1, 0.15) is 46.6 Å². The van der Waals surface area contributed by atoms with Gasteiger partial charge in [0.25, 0.3) is 0 Å². The summed E-state index contributed by atoms with van der Waals surface area (Å²) in [6.07, 6.45) is 11.3. The van der Waals surface area contributed by atoms with Gasteiger partial charge in [-0.3, -0.25) is 0 Å². The van der Waals surface area contributed by atoms with Crippen LogP contribution in [0.3, 0.4) is 0 Å². The quantitative estimate of drug-likeness (QED) is 0.0315. The molecule has 13 nitrogen and oxygen atoms in total. The smallest absolute Gasteiger partial charge is 0.346 e. The van der Waals surface area contributed by atoms with Crippen LogP contribution in [-0.2, 0) is 19.2 Å². The molecule has 9 aromatic carbocycles. The number of hydrogen-bond acceptors (Lipinski definition) is 9. The number of rotatable bonds is 20. The summed E-state index contributed by atoms with van der Waals surface area (Å²) >= 11 is 0. The first-order chi connectivity index (χ1) is 43.6. The largest absolute Gasteiger partial charge is 0.477 e. The number of anilines is 3. The fourth-order valence-electron chi connectivity index (χ4n) is 9.73. The summed E-state index contributed by atoms with van der Waals surface area (Å²) in [5.74, 6) is -5.39. The molecular weight excluding hydrogens is 1120 g/mol. The van der Waals surface area contributed by atoms with Gasteiger partial charge in [-0.05, 0) is 175 Å². The van der Waals surface area contributed by atoms with Gasteiger partial charge in [-0.1, -0.05) is 194 Å². The fourth-order valence-corrected chi connectivity index (χ4v) is 9.73. The Kier molecular flexibility index (Phi) is 19.5. The maximum absolute atomic E-state index is 11.7. The Bertz CT molecular complexity index is 4200. The molecule has 0 spiro atoms. The second-order valence-corrected chi connectivity index (χ2v) is 20.4. The lowest BCUT2D eigenvalue weighted by atomic mass is 9.93. The van der Waals surface area contributed by atoms with E-state index in [1.807, 2.05) is 127 Å². The molecule has 0 bridgehead atoms. The molecular formula is C77H51N5O8. The number of aryl methyl sites for hydroxylation is 1. The molecule has 9 aromatic rings. The lowest BCUT2D eigenvalue weighted by Crippen LogP contribution is -2.10. The van der Waals surface area contributed by atoms with Crippen LogP contribution in [-0.4, -0.2) is 44.3 Å². The van der Waals surface area contributed by atoms with Crippen molar-refractivity contribution in [3.8, 4) is 24.3 Å². The highest BCUT2D eigenvalue weighted by atomic mass is 16.4. The van der Waals surface area contributed by atoms with Crippen molar-refractivity contribution in [2.75, 3.05) is 4.90 Å². The van der Waals surface area contributed by atoms with E-state index in [-0.39, 0.29) is 0 Å². The van der Waals surface area contributed by atoms with E-state index in [2.05, 4.69) is 78.6 Å². The Labute approximate surface area is 519 Å². The third-order valence-electron chi connectivity index (χ3n) is 14.4. The van der Waals surface area contributed by atoms with Gasteiger partial charge >= 0.3 is 23.9 Å². The topological polar surface area (TPSA) is 248 Å². The highest BCUT2D eigenvalue weighted by molar-refractivity contribution is 6.00. The Hall–Kier alpha value is -13.2. The average Bonchev–Trinajstić information content (AvgIpc) is 3.45. The molecule has 0 saturated carbocycles. The van der Waals surface area contributed by atoms with Crippen LogP contribution >= 0.6 is 0 Å². The summed E-state index contributed by atoms with van der Waals surface area (Å²) in [5.41, 5.74) is 14.2. The van der Waals surface area contributed by atoms with Crippen LogP contribution in [0, 0.1) is 52.2 Å². The zero-order chi connectivity index (χ0) is 63.7. The predicted molar refractivity (Wildman–Crippen MR) is 350 cm³/mol. The highest BCUT2D eigenvalue weighted by Gasteiger charge is 2.17. The number of aliphatic carboxylic acids is 4. The summed E-state index contributed by atoms with van der Waals surface area (Å²) in [6, 6.07) is 77.9. The first-order valence-electron chi connectivity index (χ1n) is 27.8. The molecule has 90 heavy (non-hydrogen) atoms. The summed E-state index contributed by atoms with van der Waals surface area (Å²) in [6.45, 7) is 2.06. The molecule has 0 heterocycles. The van der Waals surface area contributed by atoms with Crippen molar-refractivity contribution in [1.29, 1.82) is 21.0 Å². The minimum absolute atomic E-state index is 0.420. The number of carboxylic acid groups (broad SMARTS) is 4. The van der Waals surface area contributed by atoms with E-state index in [0.29, 0.717) is 22.3 Å². The van der Waals surface area contributed by atoms with Crippen LogP contribution in [0.15, 0.2) is 247 Å². The maximum atomic E-state index is 11.7. The van der Waals surface area contributed by atoms with Crippen molar-refractivity contribution >= 4 is 100 Å². The van der Waals surface area contributed by atoms with Gasteiger partial charge in [-0.15, -0.1) is 0 Å². The van der Waals surface area contributed by atoms with Gasteiger partial charge in [-0.2, -0.15) is 21.0 Å². The third-order valence-corrected chi connectivity index (χ3v) is 14.4. The number of carbonyl (C=O) groups is 4. The van der Waals surface area contributed by atoms with Gasteiger partial charge < -0.3 is 25.3 Å². The highest BCUT2D eigenvalue weighted by Crippen LogP contribution is 2.38. The Balaban J connectivity index is 1.15. The second kappa shape index (κ2) is 28.6. The zero-order valence-electron chi connectivity index (χ0n) is 48.1. The standard InChI is InChI=1S/C77H51N5O8/c1-50-7-9-55(10-8-50)43-71(58-5-3-2-4-6-58)63-31-37-70(38-32-63)82(68-33-19-56(20-34-68)44-72(59-23-11-51(12-24-59)39-64(46-78)74(83)84)60-25-13-52(14-26-60)40-65(47-79)75(85)86)69-35-21-57(22-36-69)45-73(61-27-15-53(16-28-61)41-66(48-80)76(87)88)62-29-17-54(18-30-62)42-67(49-81)77(89)90/h2-45H,1H3,(H,83,84)(H,85,86)(H,87,88)(H,89,90)/b64-39+,65-40+,66-41+,67-42+,71-43+. The number of nitriles is 4. The first kappa shape index (κ1) is 61.4. The first-order valence-corrected chi connectivity index (χ1v) is 27.8. The molecule has 0 aliphatic carbocycles. The zero-order valence-corrected chi connectivity index (χ0v) is 48.1. The van der Waals surface area contributed by atoms with Crippen molar-refractivity contribution in [2.24, 2.45) is 0 Å². The number of hydrogen-bond donors (Lipinski definition) is 4. The van der Waals surface area contributed by atoms with Crippen molar-refractivity contribution < 1.29 is 39.6 Å². The van der Waals surface area contributed by atoms with Crippen molar-refractivity contribution in [2.45, 2.75) is 6.92 Å². The van der Waals surface area contributed by atoms with Crippen molar-refractivity contribution in [3.05, 3.63) is 325 Å². The van der Waals surface area contributed by atoms with Crippen LogP contribution in [0.25, 0.3) is 59.3 Å². The summed E-state index contributed by atoms with van der Waals surface area (Å²) in [5, 5.41) is 75.7. The van der Waals surface area contributed by atoms with E-state index in [1.165, 1.54) is 24.3 Å². The van der Waals surface area contributed by atoms with Crippen molar-refractivity contribution in [3.63, 3.8) is 0 Å². The SMILES string of the molecule is Cc1ccc(/C=C(\c2ccccc2)c2ccc(N(c3ccc(C=C(c4ccc(/C=C(\C#N)C(=O)O)cc4)c4ccc(/C=C(\C#N)C(=O)O)cc4)cc3)c3ccc(C=C(c4ccc(/C=C(\C#N)C(=O)O)cc4)c4ccc(/C=C(\C#N)C(=O)O)cc4)cc3)cc2)cc1. The van der Waals surface area contributed by atoms with Crippen LogP contribution in [0.4, 0.5) is 17.1 Å². The molecule has 0 aromatic heterocycles. The summed E-state index contributed by atoms with van der Waals surface area (Å²) < 4.78 is 0. The predicted octanol–water partition coefficient (Wildman–Crippen LogP) is 16.2. The van der Waals surface area contributed by atoms with Crippen LogP contribution in [0.1, 0.15) is 77.9 Å². The monoisotopic (exact) mass is 1170 g/mol. The van der Waals surface area contributed by atoms with Crippen LogP contribution in [0.5, 0.6) is 0 Å². The van der Waals surface area contributed by atoms with E-state index in [0.717, 1.165) is 89.4 Å². The lowest BCUT2D eigenvalue weighted by Gasteiger charge is -2.26. The van der Waals surface area contributed by atoms with E-state index in [4.69, 9.17) is 0 Å². The van der Waals surface area contributed by atoms with Gasteiger partial charge in [-0.25, -0.2) is 19.2 Å². The Morgan fingerprint density at radius 2 is 0.489 bits per heavy atom. The van der Waals surface area contributed by atoms with Crippen LogP contribution in [0.2, 0.25) is 0 Å². The van der Waals surface area contributed by atoms with E-state index in [1.54, 1.807) is 72.8 Å². The molecule has 9 rings (SSSR count). The summed E-state index contributed by atoms with van der Waals surface area (Å²) in [7, 11) is 0. The number of benzene rings is 9. The van der Waals surface area contributed by atoms with E-state index >= 15 is 0 Å². The normalized spacial score (nSPS) is 11.6. The van der Waals surface area contributed by atoms with Gasteiger partial charge in [0.15, 0.2) is 0 Å². The minimum atomic E-state index is -1.35. The van der Waals surface area contributed by atoms with Gasteiger partial charge in [0.05, 0.1) is 0 Å². The van der Waals surface area contributed by atoms with Crippen LogP contribution < -0.4 is 4.90 Å². The summed E-state index contributed by atoms with van der Waals surface area (Å²) in [4.78, 5) is 48.8. The maximum Gasteiger partial charge on any atom is 0.346 e. The molecule has 0 saturated heterocycles. The lowest BCUT2D eigenvalue weighted by molar-refractivity contribution is -0.133. The second-order valence-electron chi connectivity index (χ2n) is 20.4. The molecule has 0 radical (unpaired) electrons. The molecule has 432 valence electrons. The Morgan fingerprint density at radius 1 is 0.289 bits per heavy atom. The van der Waals surface area contributed by atoms with Gasteiger partial charge in [0.2, 0.25) is 0 Å². The molecule has 0 amide bonds. The van der Waals surface area contributed by atoms with E-state index in [9.17, 15) is 60.7 Å². The molecule has 0 aliphatic heterocycles. The molecule has 0 unspecified atom stereocenters. The van der Waals surface area contributed by atoms with E-state index < -0.39 is 46.2 Å². The average molecular weight is 1170 g/mol. The molecule has 0 atom stereocenters. The minimum Gasteiger partial charge on any atom is -0.477 e. The molecule has 0 aliphatic rings. The fraction of sp³-hybridized carbons (Fsp3) is 0.0130. The number of carboxylic acids is 4. The molecule has 4 N–H and O–H groups in total.